The molecule has 1 N–H and O–H groups in total. The zero-order chi connectivity index (χ0) is 18.4. The third-order valence-corrected chi connectivity index (χ3v) is 4.98. The van der Waals surface area contributed by atoms with Crippen molar-refractivity contribution in [3.63, 3.8) is 0 Å². The fourth-order valence-electron chi connectivity index (χ4n) is 3.10. The number of hydrogen-bond donors (Lipinski definition) is 1. The van der Waals surface area contributed by atoms with E-state index in [1.807, 2.05) is 46.9 Å². The van der Waals surface area contributed by atoms with Crippen LogP contribution in [0.25, 0.3) is 0 Å². The number of rotatable bonds is 3. The van der Waals surface area contributed by atoms with Crippen molar-refractivity contribution in [2.45, 2.75) is 51.7 Å². The zero-order valence-corrected chi connectivity index (χ0v) is 15.8. The van der Waals surface area contributed by atoms with Crippen LogP contribution in [0.4, 0.5) is 10.6 Å². The van der Waals surface area contributed by atoms with Gasteiger partial charge in [0.25, 0.3) is 0 Å². The molecule has 6 heteroatoms. The van der Waals surface area contributed by atoms with Crippen molar-refractivity contribution in [1.29, 1.82) is 0 Å². The molecule has 0 aromatic carbocycles. The molecule has 138 valence electrons. The molecule has 2 aliphatic heterocycles. The number of amides is 1. The second kappa shape index (κ2) is 6.16. The summed E-state index contributed by atoms with van der Waals surface area (Å²) in [4.78, 5) is 20.4. The molecule has 25 heavy (non-hydrogen) atoms. The Bertz CT molecular complexity index is 619. The Morgan fingerprint density at radius 1 is 1.16 bits per heavy atom. The number of aromatic nitrogens is 1. The smallest absolute Gasteiger partial charge is 0.410 e. The van der Waals surface area contributed by atoms with Gasteiger partial charge in [0.1, 0.15) is 11.4 Å². The molecule has 0 spiro atoms. The fourth-order valence-corrected chi connectivity index (χ4v) is 3.10. The minimum atomic E-state index is -0.631. The van der Waals surface area contributed by atoms with Crippen LogP contribution in [0.1, 0.15) is 46.1 Å². The van der Waals surface area contributed by atoms with Gasteiger partial charge in [-0.05, 0) is 46.2 Å². The van der Waals surface area contributed by atoms with Gasteiger partial charge in [0.15, 0.2) is 0 Å². The molecule has 3 rings (SSSR count). The van der Waals surface area contributed by atoms with E-state index in [0.717, 1.165) is 24.5 Å². The predicted molar refractivity (Wildman–Crippen MR) is 96.8 cm³/mol. The third kappa shape index (κ3) is 4.06. The number of anilines is 1. The van der Waals surface area contributed by atoms with E-state index in [1.165, 1.54) is 0 Å². The summed E-state index contributed by atoms with van der Waals surface area (Å²) in [6.07, 6.45) is 1.66. The van der Waals surface area contributed by atoms with Crippen LogP contribution in [0, 0.1) is 5.92 Å². The largest absolute Gasteiger partial charge is 0.444 e. The first-order valence-electron chi connectivity index (χ1n) is 8.94. The Morgan fingerprint density at radius 3 is 2.28 bits per heavy atom. The van der Waals surface area contributed by atoms with Crippen LogP contribution in [0.2, 0.25) is 0 Å². The van der Waals surface area contributed by atoms with Crippen LogP contribution in [-0.4, -0.2) is 58.5 Å². The quantitative estimate of drug-likeness (QED) is 0.910. The van der Waals surface area contributed by atoms with Crippen LogP contribution in [0.3, 0.4) is 0 Å². The molecule has 1 aromatic rings. The van der Waals surface area contributed by atoms with E-state index in [-0.39, 0.29) is 6.09 Å². The van der Waals surface area contributed by atoms with Crippen LogP contribution in [-0.2, 0) is 4.74 Å². The Balaban J connectivity index is 1.49. The van der Waals surface area contributed by atoms with Crippen molar-refractivity contribution in [2.75, 3.05) is 31.1 Å². The maximum absolute atomic E-state index is 12.0. The van der Waals surface area contributed by atoms with Crippen molar-refractivity contribution in [1.82, 2.24) is 9.88 Å². The third-order valence-electron chi connectivity index (χ3n) is 4.98. The number of nitrogens with zero attached hydrogens (tertiary/aromatic N) is 3. The van der Waals surface area contributed by atoms with E-state index >= 15 is 0 Å². The lowest BCUT2D eigenvalue weighted by atomic mass is 9.84. The average molecular weight is 347 g/mol. The lowest BCUT2D eigenvalue weighted by Crippen LogP contribution is -2.56. The summed E-state index contributed by atoms with van der Waals surface area (Å²) in [6.45, 7) is 12.4. The summed E-state index contributed by atoms with van der Waals surface area (Å²) in [6, 6.07) is 4.13. The van der Waals surface area contributed by atoms with Crippen molar-refractivity contribution < 1.29 is 14.6 Å². The SMILES string of the molecule is CC(C)(C)OC(=O)N1CC(c2ccc(N3CC(C(C)(C)O)C3)nc2)C1. The van der Waals surface area contributed by atoms with Crippen molar-refractivity contribution >= 4 is 11.9 Å². The highest BCUT2D eigenvalue weighted by Gasteiger charge is 2.38. The van der Waals surface area contributed by atoms with Crippen molar-refractivity contribution in [3.8, 4) is 0 Å². The molecule has 6 nitrogen and oxygen atoms in total. The zero-order valence-electron chi connectivity index (χ0n) is 15.8. The van der Waals surface area contributed by atoms with Gasteiger partial charge in [0.2, 0.25) is 0 Å². The Kier molecular flexibility index (Phi) is 4.43. The number of likely N-dealkylation sites (tertiary alicyclic amines) is 1. The van der Waals surface area contributed by atoms with E-state index in [1.54, 1.807) is 4.90 Å². The number of ether oxygens (including phenoxy) is 1. The normalized spacial score (nSPS) is 19.4. The van der Waals surface area contributed by atoms with Crippen LogP contribution < -0.4 is 4.90 Å². The first-order valence-corrected chi connectivity index (χ1v) is 8.94. The summed E-state index contributed by atoms with van der Waals surface area (Å²) in [5, 5.41) is 10.0. The molecule has 0 aliphatic carbocycles. The van der Waals surface area contributed by atoms with Gasteiger partial charge in [-0.25, -0.2) is 9.78 Å². The van der Waals surface area contributed by atoms with Gasteiger partial charge >= 0.3 is 6.09 Å². The maximum atomic E-state index is 12.0. The molecule has 1 aromatic heterocycles. The maximum Gasteiger partial charge on any atom is 0.410 e. The van der Waals surface area contributed by atoms with Gasteiger partial charge in [0, 0.05) is 44.2 Å². The number of hydrogen-bond acceptors (Lipinski definition) is 5. The standard InChI is InChI=1S/C19H29N3O3/c1-18(2,3)25-17(23)22-9-14(10-22)13-6-7-16(20-8-13)21-11-15(12-21)19(4,5)24/h6-8,14-15,24H,9-12H2,1-5H3. The molecular formula is C19H29N3O3. The Labute approximate surface area is 149 Å². The van der Waals surface area contributed by atoms with Crippen LogP contribution in [0.15, 0.2) is 18.3 Å². The summed E-state index contributed by atoms with van der Waals surface area (Å²) < 4.78 is 5.38. The summed E-state index contributed by atoms with van der Waals surface area (Å²) in [5.41, 5.74) is 0.0694. The molecule has 0 unspecified atom stereocenters. The Hall–Kier alpha value is -1.82. The van der Waals surface area contributed by atoms with E-state index in [2.05, 4.69) is 16.0 Å². The first kappa shape index (κ1) is 18.0. The Morgan fingerprint density at radius 2 is 1.80 bits per heavy atom. The van der Waals surface area contributed by atoms with Crippen LogP contribution >= 0.6 is 0 Å². The second-order valence-corrected chi connectivity index (χ2v) is 8.79. The van der Waals surface area contributed by atoms with Crippen molar-refractivity contribution in [2.24, 2.45) is 5.92 Å². The molecule has 0 bridgehead atoms. The monoisotopic (exact) mass is 347 g/mol. The van der Waals surface area contributed by atoms with Crippen molar-refractivity contribution in [3.05, 3.63) is 23.9 Å². The number of pyridine rings is 1. The van der Waals surface area contributed by atoms with Gasteiger partial charge in [-0.3, -0.25) is 0 Å². The molecule has 1 amide bonds. The van der Waals surface area contributed by atoms with Gasteiger partial charge in [0.05, 0.1) is 5.60 Å². The summed E-state index contributed by atoms with van der Waals surface area (Å²) in [5.74, 6) is 1.57. The van der Waals surface area contributed by atoms with Crippen LogP contribution in [0.5, 0.6) is 0 Å². The minimum absolute atomic E-state index is 0.244. The molecule has 0 saturated carbocycles. The highest BCUT2D eigenvalue weighted by Crippen LogP contribution is 2.32. The fraction of sp³-hybridized carbons (Fsp3) is 0.684. The molecular weight excluding hydrogens is 318 g/mol. The number of carbonyl (C=O) groups is 1. The van der Waals surface area contributed by atoms with Gasteiger partial charge in [-0.1, -0.05) is 6.07 Å². The average Bonchev–Trinajstić information content (AvgIpc) is 2.33. The lowest BCUT2D eigenvalue weighted by Gasteiger charge is -2.46. The highest BCUT2D eigenvalue weighted by atomic mass is 16.6. The number of carbonyl (C=O) groups excluding carboxylic acids is 1. The molecule has 3 heterocycles. The second-order valence-electron chi connectivity index (χ2n) is 8.79. The summed E-state index contributed by atoms with van der Waals surface area (Å²) in [7, 11) is 0. The predicted octanol–water partition coefficient (Wildman–Crippen LogP) is 2.62. The highest BCUT2D eigenvalue weighted by molar-refractivity contribution is 5.69. The van der Waals surface area contributed by atoms with E-state index < -0.39 is 11.2 Å². The first-order chi connectivity index (χ1) is 11.5. The topological polar surface area (TPSA) is 65.9 Å². The lowest BCUT2D eigenvalue weighted by molar-refractivity contribution is 0.00418. The molecule has 2 saturated heterocycles. The number of aliphatic hydroxyl groups is 1. The van der Waals surface area contributed by atoms with E-state index in [0.29, 0.717) is 24.9 Å². The van der Waals surface area contributed by atoms with Gasteiger partial charge in [-0.2, -0.15) is 0 Å². The van der Waals surface area contributed by atoms with Gasteiger partial charge < -0.3 is 19.6 Å². The van der Waals surface area contributed by atoms with Gasteiger partial charge in [-0.15, -0.1) is 0 Å². The molecule has 0 atom stereocenters. The van der Waals surface area contributed by atoms with E-state index in [9.17, 15) is 9.90 Å². The molecule has 2 aliphatic rings. The minimum Gasteiger partial charge on any atom is -0.444 e. The molecule has 0 radical (unpaired) electrons. The van der Waals surface area contributed by atoms with E-state index in [4.69, 9.17) is 4.74 Å². The molecule has 2 fully saturated rings. The summed E-state index contributed by atoms with van der Waals surface area (Å²) >= 11 is 0.